The summed E-state index contributed by atoms with van der Waals surface area (Å²) in [7, 11) is 1.88. The van der Waals surface area contributed by atoms with Gasteiger partial charge in [0.05, 0.1) is 22.8 Å². The maximum atomic E-state index is 13.6. The van der Waals surface area contributed by atoms with E-state index >= 15 is 0 Å². The van der Waals surface area contributed by atoms with Gasteiger partial charge in [0.25, 0.3) is 5.56 Å². The highest BCUT2D eigenvalue weighted by Gasteiger charge is 2.16. The van der Waals surface area contributed by atoms with Crippen molar-refractivity contribution in [3.05, 3.63) is 107 Å². The van der Waals surface area contributed by atoms with Crippen LogP contribution in [0.25, 0.3) is 50.3 Å². The fourth-order valence-corrected chi connectivity index (χ4v) is 4.92. The molecule has 210 valence electrons. The predicted octanol–water partition coefficient (Wildman–Crippen LogP) is 6.04. The molecule has 9 nitrogen and oxygen atoms in total. The minimum absolute atomic E-state index is 0.0270. The lowest BCUT2D eigenvalue weighted by Crippen LogP contribution is -2.24. The Labute approximate surface area is 239 Å². The van der Waals surface area contributed by atoms with Crippen molar-refractivity contribution in [2.75, 3.05) is 0 Å². The molecule has 0 aliphatic carbocycles. The van der Waals surface area contributed by atoms with Gasteiger partial charge in [-0.25, -0.2) is 9.37 Å². The molecule has 10 heteroatoms. The number of rotatable bonds is 9. The second kappa shape index (κ2) is 11.2. The summed E-state index contributed by atoms with van der Waals surface area (Å²) < 4.78 is 22.5. The number of aryl methyl sites for hydroxylation is 2. The number of halogens is 1. The van der Waals surface area contributed by atoms with Crippen molar-refractivity contribution in [1.29, 1.82) is 0 Å². The third kappa shape index (κ3) is 5.46. The van der Waals surface area contributed by atoms with Crippen molar-refractivity contribution in [2.45, 2.75) is 25.7 Å². The Balaban J connectivity index is 1.33. The quantitative estimate of drug-likeness (QED) is 0.213. The lowest BCUT2D eigenvalue weighted by Gasteiger charge is -2.14. The standard InChI is InChI=1S/C32H26FN5O4/c1-37-19-23(18-34-37)20-6-8-21(9-7-20)29-17-27(36-42-29)22-10-15-26-28(16-22)35-30(4-2-3-5-31(39)40)38(32(26)41)25-13-11-24(33)12-14-25/h6-19H,2-5H2,1H3,(H,39,40). The van der Waals surface area contributed by atoms with E-state index in [0.717, 1.165) is 22.3 Å². The summed E-state index contributed by atoms with van der Waals surface area (Å²) in [5.41, 5.74) is 4.93. The number of benzene rings is 3. The van der Waals surface area contributed by atoms with Crippen LogP contribution >= 0.6 is 0 Å². The van der Waals surface area contributed by atoms with E-state index in [9.17, 15) is 14.0 Å². The topological polar surface area (TPSA) is 116 Å². The first-order chi connectivity index (χ1) is 20.4. The minimum atomic E-state index is -0.876. The van der Waals surface area contributed by atoms with Crippen LogP contribution < -0.4 is 5.56 Å². The van der Waals surface area contributed by atoms with Crippen LogP contribution in [0.15, 0.2) is 94.5 Å². The Kier molecular flexibility index (Phi) is 7.18. The highest BCUT2D eigenvalue weighted by Crippen LogP contribution is 2.29. The van der Waals surface area contributed by atoms with Gasteiger partial charge in [0.1, 0.15) is 17.3 Å². The van der Waals surface area contributed by atoms with Crippen LogP contribution in [0.4, 0.5) is 4.39 Å². The fraction of sp³-hybridized carbons (Fsp3) is 0.156. The number of aliphatic carboxylic acids is 1. The van der Waals surface area contributed by atoms with E-state index in [1.165, 1.54) is 28.8 Å². The Morgan fingerprint density at radius 2 is 1.67 bits per heavy atom. The van der Waals surface area contributed by atoms with Gasteiger partial charge in [-0.05, 0) is 54.8 Å². The number of aromatic nitrogens is 5. The van der Waals surface area contributed by atoms with Crippen LogP contribution in [0.1, 0.15) is 25.1 Å². The molecular formula is C32H26FN5O4. The van der Waals surface area contributed by atoms with Gasteiger partial charge in [-0.3, -0.25) is 18.8 Å². The number of carboxylic acid groups (broad SMARTS) is 1. The molecule has 0 amide bonds. The zero-order valence-corrected chi connectivity index (χ0v) is 22.7. The largest absolute Gasteiger partial charge is 0.481 e. The zero-order chi connectivity index (χ0) is 29.2. The van der Waals surface area contributed by atoms with Crippen LogP contribution in [-0.4, -0.2) is 35.6 Å². The van der Waals surface area contributed by atoms with E-state index in [1.807, 2.05) is 49.8 Å². The highest BCUT2D eigenvalue weighted by molar-refractivity contribution is 5.84. The van der Waals surface area contributed by atoms with E-state index in [4.69, 9.17) is 14.6 Å². The molecule has 3 aromatic carbocycles. The fourth-order valence-electron chi connectivity index (χ4n) is 4.92. The van der Waals surface area contributed by atoms with E-state index < -0.39 is 11.8 Å². The zero-order valence-electron chi connectivity index (χ0n) is 22.7. The van der Waals surface area contributed by atoms with E-state index in [0.29, 0.717) is 53.1 Å². The van der Waals surface area contributed by atoms with Crippen molar-refractivity contribution in [2.24, 2.45) is 7.05 Å². The third-order valence-corrected chi connectivity index (χ3v) is 7.08. The van der Waals surface area contributed by atoms with Crippen LogP contribution in [0, 0.1) is 5.82 Å². The molecular weight excluding hydrogens is 537 g/mol. The third-order valence-electron chi connectivity index (χ3n) is 7.08. The molecule has 0 aliphatic rings. The Morgan fingerprint density at radius 1 is 0.929 bits per heavy atom. The number of carboxylic acids is 1. The second-order valence-electron chi connectivity index (χ2n) is 10.0. The monoisotopic (exact) mass is 563 g/mol. The van der Waals surface area contributed by atoms with Gasteiger partial charge in [-0.2, -0.15) is 5.10 Å². The van der Waals surface area contributed by atoms with Crippen LogP contribution in [0.2, 0.25) is 0 Å². The molecule has 0 saturated heterocycles. The van der Waals surface area contributed by atoms with Crippen molar-refractivity contribution in [1.82, 2.24) is 24.5 Å². The molecule has 0 spiro atoms. The molecule has 1 N–H and O–H groups in total. The molecule has 0 unspecified atom stereocenters. The number of hydrogen-bond acceptors (Lipinski definition) is 6. The normalized spacial score (nSPS) is 11.3. The summed E-state index contributed by atoms with van der Waals surface area (Å²) in [5.74, 6) is -0.221. The number of carbonyl (C=O) groups is 1. The van der Waals surface area contributed by atoms with Crippen molar-refractivity contribution in [3.63, 3.8) is 0 Å². The first kappa shape index (κ1) is 26.8. The molecule has 3 heterocycles. The molecule has 0 fully saturated rings. The smallest absolute Gasteiger partial charge is 0.303 e. The number of fused-ring (bicyclic) bond motifs is 1. The van der Waals surface area contributed by atoms with Crippen LogP contribution in [0.3, 0.4) is 0 Å². The van der Waals surface area contributed by atoms with E-state index in [-0.39, 0.29) is 12.0 Å². The Hall–Kier alpha value is -5.38. The van der Waals surface area contributed by atoms with Gasteiger partial charge in [0.15, 0.2) is 5.76 Å². The van der Waals surface area contributed by atoms with Gasteiger partial charge in [-0.1, -0.05) is 35.5 Å². The lowest BCUT2D eigenvalue weighted by molar-refractivity contribution is -0.137. The average molecular weight is 564 g/mol. The number of hydrogen-bond donors (Lipinski definition) is 1. The summed E-state index contributed by atoms with van der Waals surface area (Å²) in [4.78, 5) is 29.4. The predicted molar refractivity (Wildman–Crippen MR) is 156 cm³/mol. The molecule has 0 saturated carbocycles. The Morgan fingerprint density at radius 3 is 2.38 bits per heavy atom. The summed E-state index contributed by atoms with van der Waals surface area (Å²) in [6.45, 7) is 0. The SMILES string of the molecule is Cn1cc(-c2ccc(-c3cc(-c4ccc5c(=O)n(-c6ccc(F)cc6)c(CCCCC(=O)O)nc5c4)no3)cc2)cn1. The second-order valence-corrected chi connectivity index (χ2v) is 10.0. The molecule has 42 heavy (non-hydrogen) atoms. The first-order valence-electron chi connectivity index (χ1n) is 13.5. The van der Waals surface area contributed by atoms with Crippen LogP contribution in [-0.2, 0) is 18.3 Å². The summed E-state index contributed by atoms with van der Waals surface area (Å²) in [5, 5.41) is 17.9. The van der Waals surface area contributed by atoms with Crippen molar-refractivity contribution >= 4 is 16.9 Å². The summed E-state index contributed by atoms with van der Waals surface area (Å²) in [6.07, 6.45) is 5.13. The van der Waals surface area contributed by atoms with Crippen LogP contribution in [0.5, 0.6) is 0 Å². The number of nitrogens with zero attached hydrogens (tertiary/aromatic N) is 5. The molecule has 6 rings (SSSR count). The summed E-state index contributed by atoms with van der Waals surface area (Å²) in [6, 6.07) is 20.7. The van der Waals surface area contributed by atoms with Gasteiger partial charge in [0.2, 0.25) is 0 Å². The molecule has 3 aromatic heterocycles. The lowest BCUT2D eigenvalue weighted by atomic mass is 10.0. The molecule has 6 aromatic rings. The first-order valence-corrected chi connectivity index (χ1v) is 13.5. The van der Waals surface area contributed by atoms with Gasteiger partial charge >= 0.3 is 5.97 Å². The van der Waals surface area contributed by atoms with Crippen molar-refractivity contribution < 1.29 is 18.8 Å². The minimum Gasteiger partial charge on any atom is -0.481 e. The van der Waals surface area contributed by atoms with Crippen molar-refractivity contribution in [3.8, 4) is 39.4 Å². The maximum Gasteiger partial charge on any atom is 0.303 e. The highest BCUT2D eigenvalue weighted by atomic mass is 19.1. The molecule has 0 aliphatic heterocycles. The summed E-state index contributed by atoms with van der Waals surface area (Å²) >= 11 is 0. The number of unbranched alkanes of at least 4 members (excludes halogenated alkanes) is 1. The average Bonchev–Trinajstić information content (AvgIpc) is 3.66. The Bertz CT molecular complexity index is 1960. The van der Waals surface area contributed by atoms with Gasteiger partial charge in [0, 0.05) is 48.8 Å². The maximum absolute atomic E-state index is 13.6. The molecule has 0 atom stereocenters. The van der Waals surface area contributed by atoms with E-state index in [2.05, 4.69) is 10.3 Å². The molecule has 0 bridgehead atoms. The molecule has 0 radical (unpaired) electrons. The van der Waals surface area contributed by atoms with Gasteiger partial charge in [-0.15, -0.1) is 0 Å². The van der Waals surface area contributed by atoms with Gasteiger partial charge < -0.3 is 9.63 Å². The van der Waals surface area contributed by atoms with E-state index in [1.54, 1.807) is 22.9 Å².